The summed E-state index contributed by atoms with van der Waals surface area (Å²) >= 11 is 0. The number of anilines is 1. The van der Waals surface area contributed by atoms with E-state index in [9.17, 15) is 9.59 Å². The van der Waals surface area contributed by atoms with E-state index in [4.69, 9.17) is 4.74 Å². The Balaban J connectivity index is 1.89. The molecule has 1 amide bonds. The number of rotatable bonds is 5. The summed E-state index contributed by atoms with van der Waals surface area (Å²) in [6, 6.07) is 18.3. The monoisotopic (exact) mass is 401 g/mol. The van der Waals surface area contributed by atoms with Gasteiger partial charge in [0.05, 0.1) is 17.9 Å². The minimum Gasteiger partial charge on any atom is -0.461 e. The van der Waals surface area contributed by atoms with Gasteiger partial charge in [0.1, 0.15) is 0 Å². The second kappa shape index (κ2) is 8.12. The lowest BCUT2D eigenvalue weighted by Crippen LogP contribution is -2.21. The molecule has 2 aromatic heterocycles. The number of amides is 1. The van der Waals surface area contributed by atoms with Crippen molar-refractivity contribution in [1.29, 1.82) is 0 Å². The molecule has 1 N–H and O–H groups in total. The molecule has 0 spiro atoms. The van der Waals surface area contributed by atoms with Gasteiger partial charge in [-0.05, 0) is 31.5 Å². The zero-order valence-corrected chi connectivity index (χ0v) is 16.5. The standard InChI is InChI=1S/C22H19N5O3/c1-3-30-22(29)18-20(23-21(28)16-12-8-5-9-13-16)27-19(25-24-18)17(14(2)26-27)15-10-6-4-7-11-15/h4-13H,3H2,1-2H3,(H,23,28). The quantitative estimate of drug-likeness (QED) is 0.514. The highest BCUT2D eigenvalue weighted by atomic mass is 16.5. The summed E-state index contributed by atoms with van der Waals surface area (Å²) < 4.78 is 6.52. The lowest BCUT2D eigenvalue weighted by Gasteiger charge is -2.11. The molecule has 0 bridgehead atoms. The molecule has 0 aliphatic rings. The minimum atomic E-state index is -0.690. The number of esters is 1. The van der Waals surface area contributed by atoms with E-state index in [1.165, 1.54) is 4.52 Å². The van der Waals surface area contributed by atoms with E-state index >= 15 is 0 Å². The van der Waals surface area contributed by atoms with Gasteiger partial charge in [0, 0.05) is 5.56 Å². The van der Waals surface area contributed by atoms with E-state index in [1.54, 1.807) is 31.2 Å². The Bertz CT molecular complexity index is 1220. The molecule has 2 aromatic carbocycles. The van der Waals surface area contributed by atoms with Gasteiger partial charge in [-0.25, -0.2) is 4.79 Å². The fourth-order valence-electron chi connectivity index (χ4n) is 3.17. The van der Waals surface area contributed by atoms with Crippen LogP contribution in [-0.2, 0) is 4.74 Å². The van der Waals surface area contributed by atoms with Crippen LogP contribution >= 0.6 is 0 Å². The van der Waals surface area contributed by atoms with Gasteiger partial charge in [-0.2, -0.15) is 9.61 Å². The van der Waals surface area contributed by atoms with E-state index in [-0.39, 0.29) is 18.1 Å². The molecule has 0 aliphatic heterocycles. The molecule has 0 unspecified atom stereocenters. The van der Waals surface area contributed by atoms with Crippen molar-refractivity contribution in [3.05, 3.63) is 77.6 Å². The molecule has 2 heterocycles. The molecule has 8 nitrogen and oxygen atoms in total. The predicted molar refractivity (Wildman–Crippen MR) is 111 cm³/mol. The zero-order chi connectivity index (χ0) is 21.1. The molecule has 8 heteroatoms. The summed E-state index contributed by atoms with van der Waals surface area (Å²) in [5.74, 6) is -0.980. The average Bonchev–Trinajstić information content (AvgIpc) is 3.11. The summed E-state index contributed by atoms with van der Waals surface area (Å²) in [4.78, 5) is 25.3. The Kier molecular flexibility index (Phi) is 5.21. The van der Waals surface area contributed by atoms with Crippen LogP contribution in [0.2, 0.25) is 0 Å². The first kappa shape index (κ1) is 19.3. The summed E-state index contributed by atoms with van der Waals surface area (Å²) in [6.45, 7) is 3.69. The fourth-order valence-corrected chi connectivity index (χ4v) is 3.17. The number of benzene rings is 2. The molecule has 4 rings (SSSR count). The van der Waals surface area contributed by atoms with Crippen molar-refractivity contribution in [3.8, 4) is 11.1 Å². The van der Waals surface area contributed by atoms with Crippen LogP contribution in [0.25, 0.3) is 16.8 Å². The molecule has 0 atom stereocenters. The van der Waals surface area contributed by atoms with Crippen LogP contribution in [0, 0.1) is 6.92 Å². The minimum absolute atomic E-state index is 0.109. The van der Waals surface area contributed by atoms with E-state index in [0.717, 1.165) is 11.1 Å². The fraction of sp³-hybridized carbons (Fsp3) is 0.136. The first-order valence-electron chi connectivity index (χ1n) is 9.45. The first-order chi connectivity index (χ1) is 14.6. The molecular weight excluding hydrogens is 382 g/mol. The van der Waals surface area contributed by atoms with Gasteiger partial charge in [-0.1, -0.05) is 48.5 Å². The second-order valence-electron chi connectivity index (χ2n) is 6.50. The highest BCUT2D eigenvalue weighted by molar-refractivity contribution is 6.07. The summed E-state index contributed by atoms with van der Waals surface area (Å²) in [5, 5.41) is 15.6. The van der Waals surface area contributed by atoms with Gasteiger partial charge in [0.25, 0.3) is 5.91 Å². The van der Waals surface area contributed by atoms with Crippen LogP contribution in [0.4, 0.5) is 5.82 Å². The number of hydrogen-bond donors (Lipinski definition) is 1. The second-order valence-corrected chi connectivity index (χ2v) is 6.50. The number of carbonyl (C=O) groups is 2. The number of aromatic nitrogens is 4. The highest BCUT2D eigenvalue weighted by Gasteiger charge is 2.25. The van der Waals surface area contributed by atoms with Gasteiger partial charge < -0.3 is 10.1 Å². The third kappa shape index (κ3) is 3.50. The Labute approximate surface area is 172 Å². The predicted octanol–water partition coefficient (Wildman–Crippen LogP) is 3.53. The molecule has 30 heavy (non-hydrogen) atoms. The third-order valence-electron chi connectivity index (χ3n) is 4.52. The topological polar surface area (TPSA) is 98.5 Å². The van der Waals surface area contributed by atoms with E-state index in [1.807, 2.05) is 43.3 Å². The van der Waals surface area contributed by atoms with Crippen LogP contribution in [0.1, 0.15) is 33.5 Å². The van der Waals surface area contributed by atoms with Crippen molar-refractivity contribution < 1.29 is 14.3 Å². The molecule has 150 valence electrons. The van der Waals surface area contributed by atoms with Gasteiger partial charge >= 0.3 is 5.97 Å². The number of ether oxygens (including phenoxy) is 1. The number of fused-ring (bicyclic) bond motifs is 1. The zero-order valence-electron chi connectivity index (χ0n) is 16.5. The van der Waals surface area contributed by atoms with Gasteiger partial charge in [-0.15, -0.1) is 10.2 Å². The van der Waals surface area contributed by atoms with E-state index < -0.39 is 11.9 Å². The van der Waals surface area contributed by atoms with Gasteiger partial charge in [-0.3, -0.25) is 4.79 Å². The SMILES string of the molecule is CCOC(=O)c1nnc2c(-c3ccccc3)c(C)nn2c1NC(=O)c1ccccc1. The number of nitrogens with one attached hydrogen (secondary N) is 1. The smallest absolute Gasteiger partial charge is 0.362 e. The summed E-state index contributed by atoms with van der Waals surface area (Å²) in [5.41, 5.74) is 3.11. The molecule has 4 aromatic rings. The average molecular weight is 401 g/mol. The number of aryl methyl sites for hydroxylation is 1. The largest absolute Gasteiger partial charge is 0.461 e. The van der Waals surface area contributed by atoms with Crippen LogP contribution in [-0.4, -0.2) is 38.3 Å². The molecule has 0 fully saturated rings. The van der Waals surface area contributed by atoms with Crippen molar-refractivity contribution in [2.75, 3.05) is 11.9 Å². The normalized spacial score (nSPS) is 10.7. The van der Waals surface area contributed by atoms with Crippen molar-refractivity contribution in [2.24, 2.45) is 0 Å². The van der Waals surface area contributed by atoms with Crippen molar-refractivity contribution in [3.63, 3.8) is 0 Å². The van der Waals surface area contributed by atoms with Crippen LogP contribution in [0.3, 0.4) is 0 Å². The lowest BCUT2D eigenvalue weighted by molar-refractivity contribution is 0.0519. The Morgan fingerprint density at radius 2 is 1.67 bits per heavy atom. The molecule has 0 radical (unpaired) electrons. The Morgan fingerprint density at radius 1 is 1.00 bits per heavy atom. The van der Waals surface area contributed by atoms with E-state index in [0.29, 0.717) is 16.9 Å². The lowest BCUT2D eigenvalue weighted by atomic mass is 10.1. The molecule has 0 aliphatic carbocycles. The maximum atomic E-state index is 12.8. The first-order valence-corrected chi connectivity index (χ1v) is 9.45. The molecule has 0 saturated heterocycles. The maximum absolute atomic E-state index is 12.8. The third-order valence-corrected chi connectivity index (χ3v) is 4.52. The Hall–Kier alpha value is -4.07. The number of hydrogen-bond acceptors (Lipinski definition) is 6. The highest BCUT2D eigenvalue weighted by Crippen LogP contribution is 2.29. The molecular formula is C22H19N5O3. The maximum Gasteiger partial charge on any atom is 0.362 e. The number of carbonyl (C=O) groups excluding carboxylic acids is 2. The van der Waals surface area contributed by atoms with Crippen LogP contribution in [0.15, 0.2) is 60.7 Å². The van der Waals surface area contributed by atoms with Gasteiger partial charge in [0.15, 0.2) is 11.5 Å². The van der Waals surface area contributed by atoms with Crippen LogP contribution in [0.5, 0.6) is 0 Å². The van der Waals surface area contributed by atoms with Crippen molar-refractivity contribution in [1.82, 2.24) is 19.8 Å². The van der Waals surface area contributed by atoms with Gasteiger partial charge in [0.2, 0.25) is 5.69 Å². The van der Waals surface area contributed by atoms with Crippen LogP contribution < -0.4 is 5.32 Å². The van der Waals surface area contributed by atoms with Crippen molar-refractivity contribution >= 4 is 23.3 Å². The number of nitrogens with zero attached hydrogens (tertiary/aromatic N) is 4. The summed E-state index contributed by atoms with van der Waals surface area (Å²) in [6.07, 6.45) is 0. The molecule has 0 saturated carbocycles. The summed E-state index contributed by atoms with van der Waals surface area (Å²) in [7, 11) is 0. The van der Waals surface area contributed by atoms with E-state index in [2.05, 4.69) is 20.6 Å². The van der Waals surface area contributed by atoms with Crippen molar-refractivity contribution in [2.45, 2.75) is 13.8 Å². The Morgan fingerprint density at radius 3 is 2.33 bits per heavy atom.